The van der Waals surface area contributed by atoms with Gasteiger partial charge in [0.2, 0.25) is 0 Å². The fourth-order valence-electron chi connectivity index (χ4n) is 1.75. The summed E-state index contributed by atoms with van der Waals surface area (Å²) in [6.07, 6.45) is 1.38. The summed E-state index contributed by atoms with van der Waals surface area (Å²) in [5.74, 6) is 0.675. The van der Waals surface area contributed by atoms with Gasteiger partial charge in [-0.1, -0.05) is 13.8 Å². The van der Waals surface area contributed by atoms with Crippen LogP contribution in [0, 0.1) is 6.92 Å². The lowest BCUT2D eigenvalue weighted by atomic mass is 9.90. The number of hydrogen-bond donors (Lipinski definition) is 2. The summed E-state index contributed by atoms with van der Waals surface area (Å²) in [6, 6.07) is 1.97. The van der Waals surface area contributed by atoms with E-state index < -0.39 is 5.60 Å². The highest BCUT2D eigenvalue weighted by molar-refractivity contribution is 5.48. The van der Waals surface area contributed by atoms with E-state index in [-0.39, 0.29) is 0 Å². The molecule has 0 aliphatic rings. The zero-order valence-electron chi connectivity index (χ0n) is 9.46. The second-order valence-electron chi connectivity index (χ2n) is 3.88. The molecule has 0 unspecified atom stereocenters. The fraction of sp³-hybridized carbons (Fsp3) is 0.636. The summed E-state index contributed by atoms with van der Waals surface area (Å²) in [7, 11) is 1.92. The molecule has 0 amide bonds. The van der Waals surface area contributed by atoms with Crippen LogP contribution in [0.5, 0.6) is 0 Å². The summed E-state index contributed by atoms with van der Waals surface area (Å²) < 4.78 is 1.91. The van der Waals surface area contributed by atoms with E-state index in [4.69, 9.17) is 5.73 Å². The maximum absolute atomic E-state index is 10.3. The van der Waals surface area contributed by atoms with Gasteiger partial charge < -0.3 is 15.4 Å². The van der Waals surface area contributed by atoms with Gasteiger partial charge >= 0.3 is 0 Å². The highest BCUT2D eigenvalue weighted by Gasteiger charge is 2.29. The van der Waals surface area contributed by atoms with Crippen molar-refractivity contribution in [2.45, 2.75) is 39.2 Å². The standard InChI is InChI=1S/C11H20N2O/c1-5-11(14,6-2)9-7-8(3)13(4)10(9)12/h7,14H,5-6,12H2,1-4H3. The summed E-state index contributed by atoms with van der Waals surface area (Å²) in [5, 5.41) is 10.3. The molecule has 1 aromatic heterocycles. The van der Waals surface area contributed by atoms with Crippen molar-refractivity contribution in [2.75, 3.05) is 5.73 Å². The fourth-order valence-corrected chi connectivity index (χ4v) is 1.75. The first kappa shape index (κ1) is 11.1. The third-order valence-electron chi connectivity index (χ3n) is 3.19. The molecular weight excluding hydrogens is 176 g/mol. The van der Waals surface area contributed by atoms with E-state index in [1.165, 1.54) is 0 Å². The molecule has 3 N–H and O–H groups in total. The third kappa shape index (κ3) is 1.52. The quantitative estimate of drug-likeness (QED) is 0.776. The lowest BCUT2D eigenvalue weighted by Crippen LogP contribution is -2.24. The van der Waals surface area contributed by atoms with E-state index >= 15 is 0 Å². The van der Waals surface area contributed by atoms with Crippen LogP contribution in [-0.4, -0.2) is 9.67 Å². The van der Waals surface area contributed by atoms with Gasteiger partial charge in [0, 0.05) is 18.3 Å². The SMILES string of the molecule is CCC(O)(CC)c1cc(C)n(C)c1N. The molecule has 1 heterocycles. The molecule has 0 saturated carbocycles. The van der Waals surface area contributed by atoms with E-state index in [1.807, 2.05) is 38.5 Å². The van der Waals surface area contributed by atoms with Gasteiger partial charge in [0.05, 0.1) is 5.60 Å². The highest BCUT2D eigenvalue weighted by Crippen LogP contribution is 2.34. The molecule has 3 nitrogen and oxygen atoms in total. The molecule has 0 aliphatic heterocycles. The van der Waals surface area contributed by atoms with Crippen molar-refractivity contribution in [3.8, 4) is 0 Å². The Labute approximate surface area is 85.5 Å². The lowest BCUT2D eigenvalue weighted by molar-refractivity contribution is 0.0292. The number of aryl methyl sites for hydroxylation is 1. The van der Waals surface area contributed by atoms with Crippen LogP contribution in [0.3, 0.4) is 0 Å². The first-order valence-corrected chi connectivity index (χ1v) is 5.11. The number of nitrogen functional groups attached to an aromatic ring is 1. The molecule has 80 valence electrons. The van der Waals surface area contributed by atoms with Crippen molar-refractivity contribution < 1.29 is 5.11 Å². The topological polar surface area (TPSA) is 51.2 Å². The molecule has 0 atom stereocenters. The van der Waals surface area contributed by atoms with Crippen LogP contribution in [0.25, 0.3) is 0 Å². The Hall–Kier alpha value is -0.960. The zero-order valence-corrected chi connectivity index (χ0v) is 9.46. The van der Waals surface area contributed by atoms with Crippen molar-refractivity contribution in [3.05, 3.63) is 17.3 Å². The minimum absolute atomic E-state index is 0.675. The predicted octanol–water partition coefficient (Wildman–Crippen LogP) is 1.92. The second-order valence-corrected chi connectivity index (χ2v) is 3.88. The van der Waals surface area contributed by atoms with Gasteiger partial charge in [-0.15, -0.1) is 0 Å². The van der Waals surface area contributed by atoms with Gasteiger partial charge in [-0.3, -0.25) is 0 Å². The molecular formula is C11H20N2O. The molecule has 14 heavy (non-hydrogen) atoms. The number of rotatable bonds is 3. The van der Waals surface area contributed by atoms with Crippen molar-refractivity contribution >= 4 is 5.82 Å². The second kappa shape index (κ2) is 3.65. The molecule has 0 bridgehead atoms. The Morgan fingerprint density at radius 2 is 1.93 bits per heavy atom. The molecule has 1 aromatic rings. The van der Waals surface area contributed by atoms with Crippen LogP contribution in [0.1, 0.15) is 37.9 Å². The number of nitrogens with zero attached hydrogens (tertiary/aromatic N) is 1. The third-order valence-corrected chi connectivity index (χ3v) is 3.19. The maximum atomic E-state index is 10.3. The van der Waals surface area contributed by atoms with Crippen molar-refractivity contribution in [2.24, 2.45) is 7.05 Å². The van der Waals surface area contributed by atoms with Gasteiger partial charge in [-0.2, -0.15) is 0 Å². The van der Waals surface area contributed by atoms with Crippen molar-refractivity contribution in [1.29, 1.82) is 0 Å². The number of aliphatic hydroxyl groups is 1. The molecule has 3 heteroatoms. The van der Waals surface area contributed by atoms with E-state index in [0.717, 1.165) is 11.3 Å². The predicted molar refractivity (Wildman–Crippen MR) is 59.0 cm³/mol. The van der Waals surface area contributed by atoms with E-state index in [0.29, 0.717) is 18.7 Å². The summed E-state index contributed by atoms with van der Waals surface area (Å²) >= 11 is 0. The molecule has 0 radical (unpaired) electrons. The largest absolute Gasteiger partial charge is 0.385 e. The first-order chi connectivity index (χ1) is 6.46. The summed E-state index contributed by atoms with van der Waals surface area (Å²) in [5.41, 5.74) is 7.12. The minimum atomic E-state index is -0.768. The van der Waals surface area contributed by atoms with Gasteiger partial charge in [-0.25, -0.2) is 0 Å². The molecule has 0 aliphatic carbocycles. The smallest absolute Gasteiger partial charge is 0.109 e. The van der Waals surface area contributed by atoms with Crippen LogP contribution in [-0.2, 0) is 12.6 Å². The lowest BCUT2D eigenvalue weighted by Gasteiger charge is -2.25. The molecule has 0 fully saturated rings. The molecule has 0 spiro atoms. The Morgan fingerprint density at radius 3 is 2.21 bits per heavy atom. The normalized spacial score (nSPS) is 12.1. The Morgan fingerprint density at radius 1 is 1.43 bits per heavy atom. The van der Waals surface area contributed by atoms with Crippen LogP contribution in [0.4, 0.5) is 5.82 Å². The first-order valence-electron chi connectivity index (χ1n) is 5.11. The maximum Gasteiger partial charge on any atom is 0.109 e. The van der Waals surface area contributed by atoms with E-state index in [9.17, 15) is 5.11 Å². The number of aromatic nitrogens is 1. The average Bonchev–Trinajstić information content (AvgIpc) is 2.45. The molecule has 0 aromatic carbocycles. The Bertz CT molecular complexity index is 324. The highest BCUT2D eigenvalue weighted by atomic mass is 16.3. The van der Waals surface area contributed by atoms with Crippen LogP contribution < -0.4 is 5.73 Å². The van der Waals surface area contributed by atoms with E-state index in [2.05, 4.69) is 0 Å². The number of hydrogen-bond acceptors (Lipinski definition) is 2. The Balaban J connectivity index is 3.24. The van der Waals surface area contributed by atoms with Crippen molar-refractivity contribution in [1.82, 2.24) is 4.57 Å². The number of nitrogens with two attached hydrogens (primary N) is 1. The van der Waals surface area contributed by atoms with Crippen LogP contribution in [0.15, 0.2) is 6.07 Å². The summed E-state index contributed by atoms with van der Waals surface area (Å²) in [6.45, 7) is 5.95. The monoisotopic (exact) mass is 196 g/mol. The Kier molecular flexibility index (Phi) is 2.90. The minimum Gasteiger partial charge on any atom is -0.385 e. The van der Waals surface area contributed by atoms with Gasteiger partial charge in [-0.05, 0) is 25.8 Å². The van der Waals surface area contributed by atoms with Crippen LogP contribution >= 0.6 is 0 Å². The van der Waals surface area contributed by atoms with Crippen LogP contribution in [0.2, 0.25) is 0 Å². The number of anilines is 1. The molecule has 0 saturated heterocycles. The average molecular weight is 196 g/mol. The zero-order chi connectivity index (χ0) is 10.9. The van der Waals surface area contributed by atoms with Gasteiger partial charge in [0.15, 0.2) is 0 Å². The van der Waals surface area contributed by atoms with E-state index in [1.54, 1.807) is 0 Å². The van der Waals surface area contributed by atoms with Gasteiger partial charge in [0.25, 0.3) is 0 Å². The summed E-state index contributed by atoms with van der Waals surface area (Å²) in [4.78, 5) is 0. The van der Waals surface area contributed by atoms with Gasteiger partial charge in [0.1, 0.15) is 5.82 Å². The van der Waals surface area contributed by atoms with Crippen molar-refractivity contribution in [3.63, 3.8) is 0 Å². The molecule has 1 rings (SSSR count).